The highest BCUT2D eigenvalue weighted by atomic mass is 16.5. The smallest absolute Gasteiger partial charge is 0.249 e. The molecule has 4 nitrogen and oxygen atoms in total. The minimum Gasteiger partial charge on any atom is -0.364 e. The van der Waals surface area contributed by atoms with Crippen molar-refractivity contribution in [2.75, 3.05) is 6.54 Å². The summed E-state index contributed by atoms with van der Waals surface area (Å²) in [6, 6.07) is 0.427. The zero-order valence-electron chi connectivity index (χ0n) is 11.6. The Labute approximate surface area is 115 Å². The molecule has 0 radical (unpaired) electrons. The standard InChI is InChI=1S/C15H26N2O2/c16-9-11-6-7-14(19-11)15(18)17-13-8-12(13)10-4-2-1-3-5-10/h10-14H,1-9,16H2,(H,17,18)/t11-,12?,13?,14+/m1/s1. The molecule has 1 heterocycles. The number of nitrogens with two attached hydrogens (primary N) is 1. The third-order valence-electron chi connectivity index (χ3n) is 5.09. The second-order valence-electron chi connectivity index (χ2n) is 6.47. The van der Waals surface area contributed by atoms with Crippen LogP contribution in [0.2, 0.25) is 0 Å². The topological polar surface area (TPSA) is 64.4 Å². The Bertz CT molecular complexity index is 328. The third-order valence-corrected chi connectivity index (χ3v) is 5.09. The SMILES string of the molecule is NC[C@H]1CC[C@@H](C(=O)NC2CC2C2CCCCC2)O1. The van der Waals surface area contributed by atoms with Gasteiger partial charge in [0.05, 0.1) is 6.10 Å². The van der Waals surface area contributed by atoms with E-state index in [-0.39, 0.29) is 18.1 Å². The number of hydrogen-bond acceptors (Lipinski definition) is 3. The summed E-state index contributed by atoms with van der Waals surface area (Å²) in [6.07, 6.45) is 9.67. The molecular weight excluding hydrogens is 240 g/mol. The van der Waals surface area contributed by atoms with Crippen LogP contribution < -0.4 is 11.1 Å². The summed E-state index contributed by atoms with van der Waals surface area (Å²) in [4.78, 5) is 12.1. The fourth-order valence-electron chi connectivity index (χ4n) is 3.81. The summed E-state index contributed by atoms with van der Waals surface area (Å²) in [5, 5.41) is 3.18. The van der Waals surface area contributed by atoms with Crippen molar-refractivity contribution in [1.29, 1.82) is 0 Å². The molecule has 1 saturated heterocycles. The van der Waals surface area contributed by atoms with Gasteiger partial charge in [-0.25, -0.2) is 0 Å². The Morgan fingerprint density at radius 1 is 1.16 bits per heavy atom. The fraction of sp³-hybridized carbons (Fsp3) is 0.933. The van der Waals surface area contributed by atoms with Crippen LogP contribution in [-0.4, -0.2) is 30.7 Å². The van der Waals surface area contributed by atoms with Gasteiger partial charge >= 0.3 is 0 Å². The molecule has 0 aromatic rings. The quantitative estimate of drug-likeness (QED) is 0.812. The van der Waals surface area contributed by atoms with Gasteiger partial charge in [0.25, 0.3) is 0 Å². The van der Waals surface area contributed by atoms with Crippen molar-refractivity contribution >= 4 is 5.91 Å². The summed E-state index contributed by atoms with van der Waals surface area (Å²) in [6.45, 7) is 0.526. The van der Waals surface area contributed by atoms with Crippen LogP contribution in [0.25, 0.3) is 0 Å². The highest BCUT2D eigenvalue weighted by molar-refractivity contribution is 5.81. The van der Waals surface area contributed by atoms with Gasteiger partial charge in [-0.3, -0.25) is 4.79 Å². The van der Waals surface area contributed by atoms with Crippen LogP contribution in [-0.2, 0) is 9.53 Å². The average molecular weight is 266 g/mol. The molecule has 2 saturated carbocycles. The molecule has 0 bridgehead atoms. The van der Waals surface area contributed by atoms with Crippen LogP contribution >= 0.6 is 0 Å². The largest absolute Gasteiger partial charge is 0.364 e. The van der Waals surface area contributed by atoms with E-state index in [1.54, 1.807) is 0 Å². The Morgan fingerprint density at radius 3 is 2.63 bits per heavy atom. The molecule has 0 aromatic heterocycles. The maximum absolute atomic E-state index is 12.1. The second kappa shape index (κ2) is 5.80. The summed E-state index contributed by atoms with van der Waals surface area (Å²) >= 11 is 0. The van der Waals surface area contributed by atoms with E-state index in [9.17, 15) is 4.79 Å². The molecule has 19 heavy (non-hydrogen) atoms. The molecule has 1 aliphatic heterocycles. The monoisotopic (exact) mass is 266 g/mol. The van der Waals surface area contributed by atoms with E-state index in [1.807, 2.05) is 0 Å². The maximum Gasteiger partial charge on any atom is 0.249 e. The van der Waals surface area contributed by atoms with Gasteiger partial charge < -0.3 is 15.8 Å². The first-order valence-corrected chi connectivity index (χ1v) is 7.94. The van der Waals surface area contributed by atoms with Crippen molar-refractivity contribution in [2.24, 2.45) is 17.6 Å². The molecule has 0 spiro atoms. The molecule has 2 unspecified atom stereocenters. The number of rotatable bonds is 4. The molecule has 2 aliphatic carbocycles. The Hall–Kier alpha value is -0.610. The van der Waals surface area contributed by atoms with E-state index in [2.05, 4.69) is 5.32 Å². The van der Waals surface area contributed by atoms with E-state index in [4.69, 9.17) is 10.5 Å². The van der Waals surface area contributed by atoms with E-state index >= 15 is 0 Å². The number of carbonyl (C=O) groups excluding carboxylic acids is 1. The highest BCUT2D eigenvalue weighted by Crippen LogP contribution is 2.44. The van der Waals surface area contributed by atoms with Gasteiger partial charge in [-0.15, -0.1) is 0 Å². The first kappa shape index (κ1) is 13.4. The highest BCUT2D eigenvalue weighted by Gasteiger charge is 2.45. The van der Waals surface area contributed by atoms with Gasteiger partial charge in [0, 0.05) is 12.6 Å². The Kier molecular flexibility index (Phi) is 4.08. The van der Waals surface area contributed by atoms with Crippen LogP contribution in [0, 0.1) is 11.8 Å². The van der Waals surface area contributed by atoms with Gasteiger partial charge in [-0.1, -0.05) is 32.1 Å². The van der Waals surface area contributed by atoms with Crippen LogP contribution in [0.3, 0.4) is 0 Å². The van der Waals surface area contributed by atoms with E-state index < -0.39 is 0 Å². The van der Waals surface area contributed by atoms with Gasteiger partial charge in [-0.2, -0.15) is 0 Å². The fourth-order valence-corrected chi connectivity index (χ4v) is 3.81. The van der Waals surface area contributed by atoms with Crippen molar-refractivity contribution in [3.63, 3.8) is 0 Å². The molecule has 3 rings (SSSR count). The van der Waals surface area contributed by atoms with Gasteiger partial charge in [0.2, 0.25) is 5.91 Å². The van der Waals surface area contributed by atoms with Crippen molar-refractivity contribution in [2.45, 2.75) is 69.6 Å². The zero-order chi connectivity index (χ0) is 13.2. The zero-order valence-corrected chi connectivity index (χ0v) is 11.6. The minimum absolute atomic E-state index is 0.0871. The molecule has 4 heteroatoms. The van der Waals surface area contributed by atoms with Crippen molar-refractivity contribution in [3.05, 3.63) is 0 Å². The van der Waals surface area contributed by atoms with Crippen molar-refractivity contribution < 1.29 is 9.53 Å². The third kappa shape index (κ3) is 3.11. The van der Waals surface area contributed by atoms with Crippen molar-refractivity contribution in [3.8, 4) is 0 Å². The number of ether oxygens (including phenoxy) is 1. The second-order valence-corrected chi connectivity index (χ2v) is 6.47. The molecule has 3 fully saturated rings. The number of nitrogens with one attached hydrogen (secondary N) is 1. The normalized spacial score (nSPS) is 39.2. The van der Waals surface area contributed by atoms with Crippen LogP contribution in [0.5, 0.6) is 0 Å². The lowest BCUT2D eigenvalue weighted by molar-refractivity contribution is -0.132. The molecule has 3 N–H and O–H groups in total. The van der Waals surface area contributed by atoms with Gasteiger partial charge in [-0.05, 0) is 31.1 Å². The van der Waals surface area contributed by atoms with Gasteiger partial charge in [0.15, 0.2) is 0 Å². The lowest BCUT2D eigenvalue weighted by Gasteiger charge is -2.22. The Balaban J connectivity index is 1.42. The molecule has 4 atom stereocenters. The van der Waals surface area contributed by atoms with Crippen LogP contribution in [0.1, 0.15) is 51.4 Å². The Morgan fingerprint density at radius 2 is 1.95 bits per heavy atom. The molecule has 1 amide bonds. The van der Waals surface area contributed by atoms with Crippen LogP contribution in [0.4, 0.5) is 0 Å². The average Bonchev–Trinajstić information content (AvgIpc) is 3.04. The number of amides is 1. The van der Waals surface area contributed by atoms with Crippen molar-refractivity contribution in [1.82, 2.24) is 5.32 Å². The minimum atomic E-state index is -0.249. The summed E-state index contributed by atoms with van der Waals surface area (Å²) in [5.41, 5.74) is 5.57. The summed E-state index contributed by atoms with van der Waals surface area (Å²) in [5.74, 6) is 1.70. The van der Waals surface area contributed by atoms with E-state index in [1.165, 1.54) is 38.5 Å². The molecule has 108 valence electrons. The first-order valence-electron chi connectivity index (χ1n) is 7.94. The maximum atomic E-state index is 12.1. The van der Waals surface area contributed by atoms with E-state index in [0.29, 0.717) is 12.6 Å². The lowest BCUT2D eigenvalue weighted by Crippen LogP contribution is -2.37. The predicted octanol–water partition coefficient (Wildman–Crippen LogP) is 1.58. The van der Waals surface area contributed by atoms with E-state index in [0.717, 1.165) is 24.7 Å². The molecule has 3 aliphatic rings. The summed E-state index contributed by atoms with van der Waals surface area (Å²) in [7, 11) is 0. The molecular formula is C15H26N2O2. The number of hydrogen-bond donors (Lipinski definition) is 2. The lowest BCUT2D eigenvalue weighted by atomic mass is 9.85. The predicted molar refractivity (Wildman–Crippen MR) is 73.6 cm³/mol. The number of carbonyl (C=O) groups is 1. The molecule has 0 aromatic carbocycles. The summed E-state index contributed by atoms with van der Waals surface area (Å²) < 4.78 is 5.64. The van der Waals surface area contributed by atoms with Gasteiger partial charge in [0.1, 0.15) is 6.10 Å². The first-order chi connectivity index (χ1) is 9.28. The van der Waals surface area contributed by atoms with Crippen LogP contribution in [0.15, 0.2) is 0 Å².